The molecule has 0 atom stereocenters. The molecule has 1 heterocycles. The maximum atomic E-state index is 13.2. The molecular weight excluding hydrogens is 207 g/mol. The molecule has 0 aliphatic heterocycles. The van der Waals surface area contributed by atoms with E-state index in [2.05, 4.69) is 9.97 Å². The number of carbonyl (C=O) groups is 1. The first-order valence-corrected chi connectivity index (χ1v) is 4.91. The van der Waals surface area contributed by atoms with Gasteiger partial charge >= 0.3 is 5.97 Å². The van der Waals surface area contributed by atoms with Crippen molar-refractivity contribution in [3.63, 3.8) is 0 Å². The van der Waals surface area contributed by atoms with Gasteiger partial charge in [-0.1, -0.05) is 0 Å². The van der Waals surface area contributed by atoms with Crippen molar-refractivity contribution in [1.82, 2.24) is 9.97 Å². The molecule has 1 N–H and O–H groups in total. The van der Waals surface area contributed by atoms with Crippen molar-refractivity contribution in [3.8, 4) is 0 Å². The van der Waals surface area contributed by atoms with Gasteiger partial charge in [0.2, 0.25) is 0 Å². The normalized spacial score (nSPS) is 10.1. The molecule has 1 rings (SSSR count). The summed E-state index contributed by atoms with van der Waals surface area (Å²) in [5.74, 6) is -1.06. The number of nitrogens with zero attached hydrogens (tertiary/aromatic N) is 2. The van der Waals surface area contributed by atoms with E-state index >= 15 is 0 Å². The number of carboxylic acids is 1. The zero-order valence-electron chi connectivity index (χ0n) is 7.53. The Bertz CT molecular complexity index is 346. The molecule has 1 aromatic heterocycles. The van der Waals surface area contributed by atoms with Gasteiger partial charge in [0.1, 0.15) is 11.4 Å². The fourth-order valence-corrected chi connectivity index (χ4v) is 1.64. The van der Waals surface area contributed by atoms with E-state index in [4.69, 9.17) is 5.11 Å². The molecule has 14 heavy (non-hydrogen) atoms. The third-order valence-electron chi connectivity index (χ3n) is 1.49. The Kier molecular flexibility index (Phi) is 3.82. The average molecular weight is 216 g/mol. The molecule has 0 aromatic carbocycles. The van der Waals surface area contributed by atoms with E-state index in [-0.39, 0.29) is 17.1 Å². The van der Waals surface area contributed by atoms with Gasteiger partial charge in [-0.05, 0) is 6.92 Å². The summed E-state index contributed by atoms with van der Waals surface area (Å²) in [6, 6.07) is 0. The quantitative estimate of drug-likeness (QED) is 0.610. The molecule has 4 nitrogen and oxygen atoms in total. The van der Waals surface area contributed by atoms with Crippen LogP contribution in [0.5, 0.6) is 0 Å². The predicted molar refractivity (Wildman–Crippen MR) is 49.7 cm³/mol. The van der Waals surface area contributed by atoms with Crippen LogP contribution in [0.1, 0.15) is 12.1 Å². The van der Waals surface area contributed by atoms with Crippen molar-refractivity contribution >= 4 is 17.7 Å². The van der Waals surface area contributed by atoms with Crippen LogP contribution >= 0.6 is 11.8 Å². The number of carboxylic acid groups (broad SMARTS) is 1. The Morgan fingerprint density at radius 1 is 1.64 bits per heavy atom. The maximum absolute atomic E-state index is 13.2. The number of hydrogen-bond donors (Lipinski definition) is 1. The standard InChI is InChI=1S/C8H9FN2O2S/c1-5-7(9)8(11-4-10-5)14-3-2-6(12)13/h4H,2-3H2,1H3,(H,12,13). The fourth-order valence-electron chi connectivity index (χ4n) is 0.772. The average Bonchev–Trinajstić information content (AvgIpc) is 2.12. The fraction of sp³-hybridized carbons (Fsp3) is 0.375. The Labute approximate surface area is 84.6 Å². The number of aliphatic carboxylic acids is 1. The van der Waals surface area contributed by atoms with Crippen molar-refractivity contribution < 1.29 is 14.3 Å². The summed E-state index contributed by atoms with van der Waals surface area (Å²) in [5.41, 5.74) is 0.276. The highest BCUT2D eigenvalue weighted by Gasteiger charge is 2.08. The van der Waals surface area contributed by atoms with E-state index in [1.807, 2.05) is 0 Å². The molecule has 0 unspecified atom stereocenters. The number of thioether (sulfide) groups is 1. The molecule has 76 valence electrons. The smallest absolute Gasteiger partial charge is 0.304 e. The lowest BCUT2D eigenvalue weighted by Gasteiger charge is -2.01. The molecule has 0 radical (unpaired) electrons. The van der Waals surface area contributed by atoms with Gasteiger partial charge < -0.3 is 5.11 Å². The minimum atomic E-state index is -0.899. The highest BCUT2D eigenvalue weighted by atomic mass is 32.2. The minimum Gasteiger partial charge on any atom is -0.481 e. The second-order valence-corrected chi connectivity index (χ2v) is 3.65. The molecule has 0 saturated carbocycles. The van der Waals surface area contributed by atoms with E-state index in [0.29, 0.717) is 5.75 Å². The SMILES string of the molecule is Cc1ncnc(SCCC(=O)O)c1F. The van der Waals surface area contributed by atoms with E-state index < -0.39 is 11.8 Å². The summed E-state index contributed by atoms with van der Waals surface area (Å²) in [6.07, 6.45) is 1.26. The first-order chi connectivity index (χ1) is 6.61. The largest absolute Gasteiger partial charge is 0.481 e. The minimum absolute atomic E-state index is 0.00679. The number of halogens is 1. The Hall–Kier alpha value is -1.17. The second-order valence-electron chi connectivity index (χ2n) is 2.57. The van der Waals surface area contributed by atoms with Crippen LogP contribution in [0.2, 0.25) is 0 Å². The summed E-state index contributed by atoms with van der Waals surface area (Å²) in [6.45, 7) is 1.54. The molecule has 0 aliphatic rings. The van der Waals surface area contributed by atoms with Gasteiger partial charge in [-0.15, -0.1) is 11.8 Å². The van der Waals surface area contributed by atoms with Gasteiger partial charge in [0.05, 0.1) is 12.1 Å². The van der Waals surface area contributed by atoms with Crippen LogP contribution in [0, 0.1) is 12.7 Å². The lowest BCUT2D eigenvalue weighted by molar-refractivity contribution is -0.136. The number of aryl methyl sites for hydroxylation is 1. The predicted octanol–water partition coefficient (Wildman–Crippen LogP) is 1.49. The van der Waals surface area contributed by atoms with Crippen LogP contribution < -0.4 is 0 Å². The third kappa shape index (κ3) is 2.95. The molecule has 0 amide bonds. The zero-order chi connectivity index (χ0) is 10.6. The van der Waals surface area contributed by atoms with Crippen molar-refractivity contribution in [2.24, 2.45) is 0 Å². The molecule has 6 heteroatoms. The summed E-state index contributed by atoms with van der Waals surface area (Å²) in [5, 5.41) is 8.58. The van der Waals surface area contributed by atoms with Crippen molar-refractivity contribution in [1.29, 1.82) is 0 Å². The van der Waals surface area contributed by atoms with Crippen LogP contribution in [0.3, 0.4) is 0 Å². The molecule has 0 fully saturated rings. The van der Waals surface area contributed by atoms with Gasteiger partial charge in [0, 0.05) is 5.75 Å². The van der Waals surface area contributed by atoms with E-state index in [9.17, 15) is 9.18 Å². The Balaban J connectivity index is 2.59. The van der Waals surface area contributed by atoms with Gasteiger partial charge in [-0.2, -0.15) is 0 Å². The topological polar surface area (TPSA) is 63.1 Å². The molecule has 0 saturated heterocycles. The van der Waals surface area contributed by atoms with Gasteiger partial charge in [0.25, 0.3) is 0 Å². The van der Waals surface area contributed by atoms with Crippen molar-refractivity contribution in [2.75, 3.05) is 5.75 Å². The monoisotopic (exact) mass is 216 g/mol. The summed E-state index contributed by atoms with van der Waals surface area (Å²) >= 11 is 1.08. The zero-order valence-corrected chi connectivity index (χ0v) is 8.34. The first-order valence-electron chi connectivity index (χ1n) is 3.93. The second kappa shape index (κ2) is 4.90. The third-order valence-corrected chi connectivity index (χ3v) is 2.45. The number of rotatable bonds is 4. The molecular formula is C8H9FN2O2S. The van der Waals surface area contributed by atoms with E-state index in [0.717, 1.165) is 11.8 Å². The van der Waals surface area contributed by atoms with Crippen LogP contribution in [0.15, 0.2) is 11.4 Å². The van der Waals surface area contributed by atoms with Gasteiger partial charge in [-0.3, -0.25) is 4.79 Å². The highest BCUT2D eigenvalue weighted by Crippen LogP contribution is 2.20. The number of aromatic nitrogens is 2. The van der Waals surface area contributed by atoms with E-state index in [1.54, 1.807) is 0 Å². The van der Waals surface area contributed by atoms with Crippen LogP contribution in [0.4, 0.5) is 4.39 Å². The van der Waals surface area contributed by atoms with Crippen molar-refractivity contribution in [3.05, 3.63) is 17.8 Å². The molecule has 1 aromatic rings. The summed E-state index contributed by atoms with van der Waals surface area (Å²) < 4.78 is 13.2. The summed E-state index contributed by atoms with van der Waals surface area (Å²) in [7, 11) is 0. The Morgan fingerprint density at radius 3 is 3.00 bits per heavy atom. The van der Waals surface area contributed by atoms with Gasteiger partial charge in [-0.25, -0.2) is 14.4 Å². The molecule has 0 spiro atoms. The lowest BCUT2D eigenvalue weighted by Crippen LogP contribution is -1.98. The van der Waals surface area contributed by atoms with E-state index in [1.165, 1.54) is 13.3 Å². The van der Waals surface area contributed by atoms with Crippen LogP contribution in [-0.2, 0) is 4.79 Å². The summed E-state index contributed by atoms with van der Waals surface area (Å²) in [4.78, 5) is 17.6. The number of hydrogen-bond acceptors (Lipinski definition) is 4. The lowest BCUT2D eigenvalue weighted by atomic mass is 10.4. The molecule has 0 aliphatic carbocycles. The first kappa shape index (κ1) is 10.9. The maximum Gasteiger partial charge on any atom is 0.304 e. The molecule has 0 bridgehead atoms. The van der Waals surface area contributed by atoms with Gasteiger partial charge in [0.15, 0.2) is 5.82 Å². The highest BCUT2D eigenvalue weighted by molar-refractivity contribution is 7.99. The van der Waals surface area contributed by atoms with Crippen LogP contribution in [0.25, 0.3) is 0 Å². The van der Waals surface area contributed by atoms with Crippen molar-refractivity contribution in [2.45, 2.75) is 18.4 Å². The Morgan fingerprint density at radius 2 is 2.36 bits per heavy atom. The van der Waals surface area contributed by atoms with Crippen LogP contribution in [-0.4, -0.2) is 26.8 Å².